The average molecular weight is 233 g/mol. The van der Waals surface area contributed by atoms with Gasteiger partial charge in [0.2, 0.25) is 0 Å². The van der Waals surface area contributed by atoms with Crippen molar-refractivity contribution in [1.29, 1.82) is 0 Å². The van der Waals surface area contributed by atoms with Gasteiger partial charge in [-0.2, -0.15) is 8.42 Å². The van der Waals surface area contributed by atoms with Crippen molar-refractivity contribution in [2.75, 3.05) is 0 Å². The normalized spacial score (nSPS) is 11.3. The lowest BCUT2D eigenvalue weighted by Gasteiger charge is -2.04. The molecule has 1 N–H and O–H groups in total. The van der Waals surface area contributed by atoms with Gasteiger partial charge in [0.15, 0.2) is 0 Å². The van der Waals surface area contributed by atoms with Gasteiger partial charge in [-0.15, -0.1) is 11.6 Å². The zero-order valence-electron chi connectivity index (χ0n) is 7.27. The zero-order valence-corrected chi connectivity index (χ0v) is 8.85. The van der Waals surface area contributed by atoms with Crippen LogP contribution in [-0.2, 0) is 16.0 Å². The van der Waals surface area contributed by atoms with Crippen LogP contribution in [0.15, 0.2) is 29.7 Å². The number of hydrogen-bond donors (Lipinski definition) is 1. The SMILES string of the molecule is C=Cc1cc(CCl)ccc1S(=O)(=O)O. The van der Waals surface area contributed by atoms with Crippen LogP contribution >= 0.6 is 11.6 Å². The highest BCUT2D eigenvalue weighted by molar-refractivity contribution is 7.85. The van der Waals surface area contributed by atoms with E-state index in [1.54, 1.807) is 12.1 Å². The van der Waals surface area contributed by atoms with Crippen LogP contribution in [0.25, 0.3) is 6.08 Å². The molecule has 0 unspecified atom stereocenters. The lowest BCUT2D eigenvalue weighted by Crippen LogP contribution is -2.01. The molecule has 0 heterocycles. The largest absolute Gasteiger partial charge is 0.295 e. The Labute approximate surface area is 87.8 Å². The van der Waals surface area contributed by atoms with Crippen molar-refractivity contribution >= 4 is 27.8 Å². The van der Waals surface area contributed by atoms with E-state index in [0.717, 1.165) is 5.56 Å². The second kappa shape index (κ2) is 4.13. The van der Waals surface area contributed by atoms with Crippen molar-refractivity contribution in [2.45, 2.75) is 10.8 Å². The molecular formula is C9H9ClO3S. The molecule has 0 spiro atoms. The van der Waals surface area contributed by atoms with E-state index in [4.69, 9.17) is 16.2 Å². The van der Waals surface area contributed by atoms with E-state index in [1.807, 2.05) is 0 Å². The summed E-state index contributed by atoms with van der Waals surface area (Å²) in [5.74, 6) is 0.284. The number of halogens is 1. The maximum absolute atomic E-state index is 10.9. The summed E-state index contributed by atoms with van der Waals surface area (Å²) in [5, 5.41) is 0. The lowest BCUT2D eigenvalue weighted by atomic mass is 10.1. The Bertz CT molecular complexity index is 451. The third kappa shape index (κ3) is 2.35. The van der Waals surface area contributed by atoms with Crippen molar-refractivity contribution in [3.63, 3.8) is 0 Å². The minimum absolute atomic E-state index is 0.152. The van der Waals surface area contributed by atoms with Crippen LogP contribution < -0.4 is 0 Å². The monoisotopic (exact) mass is 232 g/mol. The maximum Gasteiger partial charge on any atom is 0.295 e. The molecule has 0 aromatic heterocycles. The Morgan fingerprint density at radius 2 is 2.14 bits per heavy atom. The second-order valence-electron chi connectivity index (χ2n) is 2.68. The molecule has 0 saturated heterocycles. The first kappa shape index (κ1) is 11.2. The van der Waals surface area contributed by atoms with Crippen molar-refractivity contribution in [3.8, 4) is 0 Å². The third-order valence-electron chi connectivity index (χ3n) is 1.73. The molecule has 0 aliphatic rings. The fourth-order valence-corrected chi connectivity index (χ4v) is 1.92. The van der Waals surface area contributed by atoms with Crippen molar-refractivity contribution in [1.82, 2.24) is 0 Å². The van der Waals surface area contributed by atoms with Gasteiger partial charge in [-0.1, -0.05) is 18.7 Å². The smallest absolute Gasteiger partial charge is 0.282 e. The van der Waals surface area contributed by atoms with Gasteiger partial charge in [-0.05, 0) is 23.3 Å². The number of alkyl halides is 1. The van der Waals surface area contributed by atoms with Crippen molar-refractivity contribution in [2.24, 2.45) is 0 Å². The summed E-state index contributed by atoms with van der Waals surface area (Å²) in [7, 11) is -4.18. The molecule has 0 saturated carbocycles. The molecule has 14 heavy (non-hydrogen) atoms. The van der Waals surface area contributed by atoms with E-state index in [1.165, 1.54) is 12.1 Å². The molecule has 0 bridgehead atoms. The van der Waals surface area contributed by atoms with Crippen LogP contribution in [0.5, 0.6) is 0 Å². The first-order valence-electron chi connectivity index (χ1n) is 3.78. The average Bonchev–Trinajstić information content (AvgIpc) is 2.15. The van der Waals surface area contributed by atoms with Crippen molar-refractivity contribution in [3.05, 3.63) is 35.9 Å². The summed E-state index contributed by atoms with van der Waals surface area (Å²) < 4.78 is 30.6. The van der Waals surface area contributed by atoms with Crippen LogP contribution in [0.3, 0.4) is 0 Å². The van der Waals surface area contributed by atoms with Gasteiger partial charge in [-0.25, -0.2) is 0 Å². The maximum atomic E-state index is 10.9. The highest BCUT2D eigenvalue weighted by Crippen LogP contribution is 2.19. The molecule has 1 rings (SSSR count). The van der Waals surface area contributed by atoms with Gasteiger partial charge in [0, 0.05) is 5.88 Å². The predicted octanol–water partition coefficient (Wildman–Crippen LogP) is 2.32. The Kier molecular flexibility index (Phi) is 3.31. The minimum atomic E-state index is -4.18. The van der Waals surface area contributed by atoms with E-state index in [-0.39, 0.29) is 10.8 Å². The molecule has 76 valence electrons. The Hall–Kier alpha value is -0.840. The summed E-state index contributed by atoms with van der Waals surface area (Å²) in [6, 6.07) is 4.43. The fourth-order valence-electron chi connectivity index (χ4n) is 1.08. The zero-order chi connectivity index (χ0) is 10.8. The minimum Gasteiger partial charge on any atom is -0.282 e. The summed E-state index contributed by atoms with van der Waals surface area (Å²) in [4.78, 5) is -0.152. The van der Waals surface area contributed by atoms with E-state index in [2.05, 4.69) is 6.58 Å². The number of rotatable bonds is 3. The topological polar surface area (TPSA) is 54.4 Å². The summed E-state index contributed by atoms with van der Waals surface area (Å²) in [6.07, 6.45) is 1.36. The second-order valence-corrected chi connectivity index (χ2v) is 4.34. The molecule has 5 heteroatoms. The van der Waals surface area contributed by atoms with Crippen LogP contribution in [0, 0.1) is 0 Å². The molecule has 0 amide bonds. The molecule has 0 radical (unpaired) electrons. The first-order chi connectivity index (χ1) is 6.49. The molecule has 0 fully saturated rings. The van der Waals surface area contributed by atoms with E-state index < -0.39 is 10.1 Å². The van der Waals surface area contributed by atoms with Crippen LogP contribution in [0.4, 0.5) is 0 Å². The highest BCUT2D eigenvalue weighted by atomic mass is 35.5. The van der Waals surface area contributed by atoms with Gasteiger partial charge >= 0.3 is 0 Å². The van der Waals surface area contributed by atoms with Crippen LogP contribution in [0.1, 0.15) is 11.1 Å². The standard InChI is InChI=1S/C9H9ClO3S/c1-2-8-5-7(6-10)3-4-9(8)14(11,12)13/h2-5H,1,6H2,(H,11,12,13). The van der Waals surface area contributed by atoms with Gasteiger partial charge in [0.25, 0.3) is 10.1 Å². The molecule has 0 aliphatic carbocycles. The van der Waals surface area contributed by atoms with Gasteiger partial charge in [0.1, 0.15) is 4.90 Å². The molecule has 1 aromatic rings. The molecule has 0 atom stereocenters. The van der Waals surface area contributed by atoms with Crippen LogP contribution in [-0.4, -0.2) is 13.0 Å². The van der Waals surface area contributed by atoms with E-state index in [0.29, 0.717) is 5.56 Å². The highest BCUT2D eigenvalue weighted by Gasteiger charge is 2.13. The predicted molar refractivity (Wildman–Crippen MR) is 55.9 cm³/mol. The number of benzene rings is 1. The molecule has 3 nitrogen and oxygen atoms in total. The molecule has 0 aliphatic heterocycles. The van der Waals surface area contributed by atoms with Gasteiger partial charge in [0.05, 0.1) is 0 Å². The lowest BCUT2D eigenvalue weighted by molar-refractivity contribution is 0.483. The van der Waals surface area contributed by atoms with E-state index in [9.17, 15) is 8.42 Å². The molecule has 1 aromatic carbocycles. The quantitative estimate of drug-likeness (QED) is 0.643. The summed E-state index contributed by atoms with van der Waals surface area (Å²) in [6.45, 7) is 3.46. The van der Waals surface area contributed by atoms with Crippen LogP contribution in [0.2, 0.25) is 0 Å². The third-order valence-corrected chi connectivity index (χ3v) is 2.96. The Morgan fingerprint density at radius 3 is 2.57 bits per heavy atom. The fraction of sp³-hybridized carbons (Fsp3) is 0.111. The Balaban J connectivity index is 3.40. The summed E-state index contributed by atoms with van der Waals surface area (Å²) in [5.41, 5.74) is 1.12. The van der Waals surface area contributed by atoms with Gasteiger partial charge in [-0.3, -0.25) is 4.55 Å². The number of hydrogen-bond acceptors (Lipinski definition) is 2. The first-order valence-corrected chi connectivity index (χ1v) is 5.75. The summed E-state index contributed by atoms with van der Waals surface area (Å²) >= 11 is 5.58. The Morgan fingerprint density at radius 1 is 1.50 bits per heavy atom. The van der Waals surface area contributed by atoms with Crippen molar-refractivity contribution < 1.29 is 13.0 Å². The van der Waals surface area contributed by atoms with E-state index >= 15 is 0 Å². The van der Waals surface area contributed by atoms with Gasteiger partial charge < -0.3 is 0 Å². The molecular weight excluding hydrogens is 224 g/mol.